The van der Waals surface area contributed by atoms with E-state index >= 15 is 0 Å². The molecule has 1 aromatic carbocycles. The van der Waals surface area contributed by atoms with E-state index in [4.69, 9.17) is 0 Å². The Morgan fingerprint density at radius 1 is 1.13 bits per heavy atom. The van der Waals surface area contributed by atoms with Crippen molar-refractivity contribution in [1.82, 2.24) is 4.90 Å². The minimum atomic E-state index is -0.291. The number of likely N-dealkylation sites (tertiary alicyclic amines) is 1. The molecule has 2 aliphatic heterocycles. The van der Waals surface area contributed by atoms with Crippen molar-refractivity contribution in [2.45, 2.75) is 25.4 Å². The third-order valence-corrected chi connectivity index (χ3v) is 3.92. The predicted octanol–water partition coefficient (Wildman–Crippen LogP) is -0.516. The lowest BCUT2D eigenvalue weighted by molar-refractivity contribution is 0.292. The maximum Gasteiger partial charge on any atom is 0.249 e. The van der Waals surface area contributed by atoms with Gasteiger partial charge in [-0.15, -0.1) is 0 Å². The molecule has 4 nitrogen and oxygen atoms in total. The zero-order valence-corrected chi connectivity index (χ0v) is 8.99. The van der Waals surface area contributed by atoms with Crippen molar-refractivity contribution >= 4 is 5.69 Å². The van der Waals surface area contributed by atoms with E-state index in [1.807, 2.05) is 0 Å². The largest absolute Gasteiger partial charge is 0.362 e. The molecule has 0 amide bonds. The van der Waals surface area contributed by atoms with E-state index in [1.165, 1.54) is 0 Å². The first-order valence-corrected chi connectivity index (χ1v) is 5.36. The number of hydrogen-bond donors (Lipinski definition) is 0. The number of likely N-dealkylation sites (N-methyl/N-ethyl adjacent to an activating group) is 1. The number of fused-ring (bicyclic) bond motifs is 2. The van der Waals surface area contributed by atoms with Gasteiger partial charge in [0.15, 0.2) is 0 Å². The van der Waals surface area contributed by atoms with E-state index in [0.717, 1.165) is 19.5 Å². The highest BCUT2D eigenvalue weighted by Gasteiger charge is 2.43. The summed E-state index contributed by atoms with van der Waals surface area (Å²) in [7, 11) is 2.12. The maximum absolute atomic E-state index is 11.5. The van der Waals surface area contributed by atoms with E-state index < -0.39 is 0 Å². The highest BCUT2D eigenvalue weighted by atomic mass is 16.2. The van der Waals surface area contributed by atoms with Crippen LogP contribution in [-0.4, -0.2) is 37.1 Å². The molecule has 0 N–H and O–H groups in total. The van der Waals surface area contributed by atoms with Crippen molar-refractivity contribution in [2.24, 2.45) is 0 Å². The van der Waals surface area contributed by atoms with Crippen LogP contribution >= 0.6 is 0 Å². The van der Waals surface area contributed by atoms with Crippen molar-refractivity contribution in [3.05, 3.63) is 26.0 Å². The quantitative estimate of drug-likeness (QED) is 0.580. The lowest BCUT2D eigenvalue weighted by atomic mass is 10.1. The third-order valence-electron chi connectivity index (χ3n) is 3.92. The Bertz CT molecular complexity index is 485. The molecule has 0 aliphatic carbocycles. The summed E-state index contributed by atoms with van der Waals surface area (Å²) in [4.78, 5) is 27.1. The molecule has 2 heterocycles. The van der Waals surface area contributed by atoms with Crippen molar-refractivity contribution in [2.75, 3.05) is 25.0 Å². The standard InChI is InChI=1S/C11H14N2O2/c1-6-9(11(15)10(6)14)13-5-7-3-8(13)4-12(7)2/h7-8H,3-5H2,1-2H3. The molecule has 2 atom stereocenters. The van der Waals surface area contributed by atoms with Gasteiger partial charge in [0.05, 0.1) is 5.69 Å². The first-order valence-electron chi connectivity index (χ1n) is 5.36. The third kappa shape index (κ3) is 1.00. The minimum absolute atomic E-state index is 0.275. The lowest BCUT2D eigenvalue weighted by Gasteiger charge is -2.34. The van der Waals surface area contributed by atoms with Crippen LogP contribution in [0.1, 0.15) is 12.0 Å². The predicted molar refractivity (Wildman–Crippen MR) is 58.3 cm³/mol. The summed E-state index contributed by atoms with van der Waals surface area (Å²) in [5.74, 6) is 0. The van der Waals surface area contributed by atoms with Crippen LogP contribution < -0.4 is 15.8 Å². The number of nitrogens with zero attached hydrogens (tertiary/aromatic N) is 2. The lowest BCUT2D eigenvalue weighted by Crippen LogP contribution is -2.50. The van der Waals surface area contributed by atoms with Gasteiger partial charge in [-0.25, -0.2) is 0 Å². The average Bonchev–Trinajstić information content (AvgIpc) is 2.76. The van der Waals surface area contributed by atoms with Crippen molar-refractivity contribution in [3.63, 3.8) is 0 Å². The van der Waals surface area contributed by atoms with Crippen LogP contribution in [0.5, 0.6) is 0 Å². The number of piperazine rings is 1. The molecular formula is C11H14N2O2. The second kappa shape index (κ2) is 2.70. The molecule has 2 bridgehead atoms. The fraction of sp³-hybridized carbons (Fsp3) is 0.636. The summed E-state index contributed by atoms with van der Waals surface area (Å²) in [5, 5.41) is 0. The molecule has 0 spiro atoms. The van der Waals surface area contributed by atoms with E-state index in [9.17, 15) is 9.59 Å². The van der Waals surface area contributed by atoms with Crippen LogP contribution in [0.3, 0.4) is 0 Å². The van der Waals surface area contributed by atoms with E-state index in [1.54, 1.807) is 6.92 Å². The summed E-state index contributed by atoms with van der Waals surface area (Å²) in [5.41, 5.74) is 0.791. The SMILES string of the molecule is Cc1c(N2CC3CC2CN3C)c(=O)c1=O. The summed E-state index contributed by atoms with van der Waals surface area (Å²) in [6, 6.07) is 1.01. The van der Waals surface area contributed by atoms with E-state index in [2.05, 4.69) is 16.8 Å². The Morgan fingerprint density at radius 3 is 2.33 bits per heavy atom. The van der Waals surface area contributed by atoms with Crippen LogP contribution in [0.2, 0.25) is 0 Å². The molecule has 1 aromatic rings. The summed E-state index contributed by atoms with van der Waals surface area (Å²) < 4.78 is 0. The molecule has 2 saturated heterocycles. The topological polar surface area (TPSA) is 40.6 Å². The number of anilines is 1. The van der Waals surface area contributed by atoms with Crippen molar-refractivity contribution < 1.29 is 0 Å². The molecule has 4 heteroatoms. The minimum Gasteiger partial charge on any atom is -0.362 e. The average molecular weight is 206 g/mol. The molecule has 0 saturated carbocycles. The Balaban J connectivity index is 1.94. The van der Waals surface area contributed by atoms with Crippen LogP contribution in [0.4, 0.5) is 5.69 Å². The Hall–Kier alpha value is -1.16. The van der Waals surface area contributed by atoms with Gasteiger partial charge in [-0.2, -0.15) is 0 Å². The van der Waals surface area contributed by atoms with E-state index in [-0.39, 0.29) is 10.9 Å². The highest BCUT2D eigenvalue weighted by Crippen LogP contribution is 2.33. The van der Waals surface area contributed by atoms with Gasteiger partial charge in [0, 0.05) is 30.7 Å². The van der Waals surface area contributed by atoms with E-state index in [0.29, 0.717) is 23.3 Å². The second-order valence-corrected chi connectivity index (χ2v) is 4.77. The first kappa shape index (κ1) is 9.09. The Labute approximate surface area is 87.8 Å². The molecule has 3 rings (SSSR count). The summed E-state index contributed by atoms with van der Waals surface area (Å²) >= 11 is 0. The van der Waals surface area contributed by atoms with Gasteiger partial charge in [0.1, 0.15) is 0 Å². The van der Waals surface area contributed by atoms with Crippen LogP contribution in [0, 0.1) is 6.92 Å². The molecule has 80 valence electrons. The van der Waals surface area contributed by atoms with Crippen LogP contribution in [-0.2, 0) is 0 Å². The molecule has 15 heavy (non-hydrogen) atoms. The molecule has 0 radical (unpaired) electrons. The summed E-state index contributed by atoms with van der Waals surface area (Å²) in [6.45, 7) is 3.69. The van der Waals surface area contributed by atoms with Gasteiger partial charge in [-0.05, 0) is 20.4 Å². The fourth-order valence-corrected chi connectivity index (χ4v) is 2.98. The van der Waals surface area contributed by atoms with Gasteiger partial charge in [0.25, 0.3) is 0 Å². The second-order valence-electron chi connectivity index (χ2n) is 4.77. The zero-order chi connectivity index (χ0) is 10.7. The zero-order valence-electron chi connectivity index (χ0n) is 8.99. The normalized spacial score (nSPS) is 30.7. The van der Waals surface area contributed by atoms with Gasteiger partial charge >= 0.3 is 0 Å². The number of hydrogen-bond acceptors (Lipinski definition) is 4. The van der Waals surface area contributed by atoms with Crippen molar-refractivity contribution in [3.8, 4) is 0 Å². The monoisotopic (exact) mass is 206 g/mol. The molecule has 2 fully saturated rings. The Kier molecular flexibility index (Phi) is 1.63. The van der Waals surface area contributed by atoms with Crippen LogP contribution in [0.25, 0.3) is 0 Å². The van der Waals surface area contributed by atoms with Crippen LogP contribution in [0.15, 0.2) is 9.59 Å². The first-order chi connectivity index (χ1) is 7.09. The van der Waals surface area contributed by atoms with Crippen molar-refractivity contribution in [1.29, 1.82) is 0 Å². The van der Waals surface area contributed by atoms with Gasteiger partial charge in [0.2, 0.25) is 10.9 Å². The van der Waals surface area contributed by atoms with Gasteiger partial charge in [-0.1, -0.05) is 0 Å². The van der Waals surface area contributed by atoms with Gasteiger partial charge in [-0.3, -0.25) is 14.5 Å². The highest BCUT2D eigenvalue weighted by molar-refractivity contribution is 5.60. The number of rotatable bonds is 1. The van der Waals surface area contributed by atoms with Gasteiger partial charge < -0.3 is 4.90 Å². The maximum atomic E-state index is 11.5. The smallest absolute Gasteiger partial charge is 0.249 e. The summed E-state index contributed by atoms with van der Waals surface area (Å²) in [6.07, 6.45) is 1.13. The molecule has 0 aromatic heterocycles. The molecular weight excluding hydrogens is 192 g/mol. The Morgan fingerprint density at radius 2 is 1.87 bits per heavy atom. The molecule has 2 unspecified atom stereocenters. The molecule has 2 aliphatic rings. The fourth-order valence-electron chi connectivity index (χ4n) is 2.98.